The van der Waals surface area contributed by atoms with E-state index in [-0.39, 0.29) is 12.6 Å². The number of aromatic nitrogens is 4. The number of benzene rings is 1. The van der Waals surface area contributed by atoms with E-state index in [1.54, 1.807) is 30.3 Å². The van der Waals surface area contributed by atoms with E-state index in [1.807, 2.05) is 18.2 Å². The number of methoxy groups -OCH3 is 1. The first-order valence-electron chi connectivity index (χ1n) is 8.21. The minimum Gasteiger partial charge on any atom is -0.494 e. The Morgan fingerprint density at radius 2 is 2.26 bits per heavy atom. The average molecular weight is 368 g/mol. The summed E-state index contributed by atoms with van der Waals surface area (Å²) in [6.07, 6.45) is 3.37. The van der Waals surface area contributed by atoms with Crippen LogP contribution in [-0.2, 0) is 13.1 Å². The molecule has 0 saturated carbocycles. The first kappa shape index (κ1) is 18.3. The van der Waals surface area contributed by atoms with Gasteiger partial charge < -0.3 is 20.9 Å². The maximum Gasteiger partial charge on any atom is 0.221 e. The number of para-hydroxylation sites is 1. The van der Waals surface area contributed by atoms with E-state index >= 15 is 0 Å². The number of ether oxygens (including phenoxy) is 1. The van der Waals surface area contributed by atoms with E-state index in [4.69, 9.17) is 21.1 Å². The Morgan fingerprint density at radius 1 is 1.41 bits per heavy atom. The van der Waals surface area contributed by atoms with Gasteiger partial charge in [0.2, 0.25) is 5.95 Å². The number of nitrogens with two attached hydrogens (primary N) is 1. The predicted molar refractivity (Wildman–Crippen MR) is 99.8 cm³/mol. The highest BCUT2D eigenvalue weighted by atomic mass is 16.5. The van der Waals surface area contributed by atoms with Gasteiger partial charge in [0.05, 0.1) is 32.5 Å². The monoisotopic (exact) mass is 368 g/mol. The molecule has 10 heteroatoms. The summed E-state index contributed by atoms with van der Waals surface area (Å²) in [4.78, 5) is 8.47. The molecule has 0 fully saturated rings. The van der Waals surface area contributed by atoms with Gasteiger partial charge in [-0.25, -0.2) is 15.5 Å². The van der Waals surface area contributed by atoms with Gasteiger partial charge in [-0.1, -0.05) is 12.1 Å². The molecule has 140 valence electrons. The molecule has 0 radical (unpaired) electrons. The minimum atomic E-state index is 0.0298. The SMILES string of the molecule is COc1cccc2c(/C(=C/NCc3ccn(CCO)n3)N=N)nc(N)nc12. The molecule has 27 heavy (non-hydrogen) atoms. The Hall–Kier alpha value is -3.53. The Balaban J connectivity index is 1.88. The maximum absolute atomic E-state index is 8.93. The highest BCUT2D eigenvalue weighted by Gasteiger charge is 2.14. The van der Waals surface area contributed by atoms with Gasteiger partial charge >= 0.3 is 0 Å². The van der Waals surface area contributed by atoms with E-state index in [0.29, 0.717) is 41.1 Å². The maximum atomic E-state index is 8.93. The summed E-state index contributed by atoms with van der Waals surface area (Å²) >= 11 is 0. The number of nitrogen functional groups attached to an aromatic ring is 1. The van der Waals surface area contributed by atoms with Crippen molar-refractivity contribution in [3.8, 4) is 5.75 Å². The van der Waals surface area contributed by atoms with Gasteiger partial charge in [0, 0.05) is 17.8 Å². The lowest BCUT2D eigenvalue weighted by molar-refractivity contribution is 0.269. The fourth-order valence-electron chi connectivity index (χ4n) is 2.63. The molecule has 5 N–H and O–H groups in total. The summed E-state index contributed by atoms with van der Waals surface area (Å²) in [7, 11) is 1.55. The van der Waals surface area contributed by atoms with Crippen molar-refractivity contribution < 1.29 is 9.84 Å². The molecule has 1 aromatic carbocycles. The second kappa shape index (κ2) is 8.23. The Morgan fingerprint density at radius 3 is 3.00 bits per heavy atom. The van der Waals surface area contributed by atoms with Crippen LogP contribution in [0.2, 0.25) is 0 Å². The van der Waals surface area contributed by atoms with Crippen molar-refractivity contribution in [3.63, 3.8) is 0 Å². The summed E-state index contributed by atoms with van der Waals surface area (Å²) < 4.78 is 6.98. The first-order valence-corrected chi connectivity index (χ1v) is 8.21. The molecule has 3 rings (SSSR count). The summed E-state index contributed by atoms with van der Waals surface area (Å²) in [5.74, 6) is 0.633. The van der Waals surface area contributed by atoms with Crippen molar-refractivity contribution in [2.24, 2.45) is 5.11 Å². The van der Waals surface area contributed by atoms with Gasteiger partial charge in [0.15, 0.2) is 0 Å². The average Bonchev–Trinajstić information content (AvgIpc) is 3.12. The Kier molecular flexibility index (Phi) is 5.57. The summed E-state index contributed by atoms with van der Waals surface area (Å²) in [5.41, 5.74) is 15.4. The molecule has 10 nitrogen and oxygen atoms in total. The first-order chi connectivity index (χ1) is 13.2. The molecular formula is C17H20N8O2. The van der Waals surface area contributed by atoms with Gasteiger partial charge in [0.1, 0.15) is 22.7 Å². The summed E-state index contributed by atoms with van der Waals surface area (Å²) in [6.45, 7) is 0.901. The molecule has 0 aliphatic rings. The predicted octanol–water partition coefficient (Wildman–Crippen LogP) is 1.53. The van der Waals surface area contributed by atoms with E-state index in [1.165, 1.54) is 0 Å². The van der Waals surface area contributed by atoms with Crippen LogP contribution in [0.4, 0.5) is 5.95 Å². The van der Waals surface area contributed by atoms with Crippen LogP contribution >= 0.6 is 0 Å². The van der Waals surface area contributed by atoms with Crippen molar-refractivity contribution >= 4 is 22.5 Å². The van der Waals surface area contributed by atoms with Crippen LogP contribution in [-0.4, -0.2) is 38.6 Å². The molecule has 2 aromatic heterocycles. The van der Waals surface area contributed by atoms with E-state index in [2.05, 4.69) is 25.5 Å². The van der Waals surface area contributed by atoms with Crippen molar-refractivity contribution in [2.75, 3.05) is 19.5 Å². The molecule has 0 atom stereocenters. The molecule has 0 spiro atoms. The summed E-state index contributed by atoms with van der Waals surface area (Å²) in [5, 5.41) is 20.6. The second-order valence-electron chi connectivity index (χ2n) is 5.60. The molecule has 3 aromatic rings. The van der Waals surface area contributed by atoms with Crippen molar-refractivity contribution in [3.05, 3.63) is 48.1 Å². The summed E-state index contributed by atoms with van der Waals surface area (Å²) in [6, 6.07) is 7.26. The van der Waals surface area contributed by atoms with E-state index in [9.17, 15) is 0 Å². The van der Waals surface area contributed by atoms with Gasteiger partial charge in [-0.2, -0.15) is 10.2 Å². The smallest absolute Gasteiger partial charge is 0.221 e. The van der Waals surface area contributed by atoms with E-state index < -0.39 is 0 Å². The highest BCUT2D eigenvalue weighted by molar-refractivity contribution is 5.93. The molecular weight excluding hydrogens is 348 g/mol. The number of anilines is 1. The minimum absolute atomic E-state index is 0.0298. The molecule has 0 bridgehead atoms. The normalized spacial score (nSPS) is 11.6. The van der Waals surface area contributed by atoms with Crippen LogP contribution in [0.25, 0.3) is 16.6 Å². The van der Waals surface area contributed by atoms with Crippen LogP contribution in [0.1, 0.15) is 11.4 Å². The van der Waals surface area contributed by atoms with Crippen LogP contribution in [0.3, 0.4) is 0 Å². The molecule has 0 unspecified atom stereocenters. The van der Waals surface area contributed by atoms with Crippen LogP contribution < -0.4 is 15.8 Å². The standard InChI is InChI=1S/C17H20N8O2/c1-27-14-4-2-3-12-15(21-17(18)22-16(12)14)13(23-19)10-20-9-11-5-6-25(24-11)7-8-26/h2-6,10,19-20,26H,7-9H2,1H3,(H2,18,21,22)/b13-10-,23-19?. The molecule has 0 saturated heterocycles. The topological polar surface area (TPSA) is 147 Å². The number of nitrogens with zero attached hydrogens (tertiary/aromatic N) is 5. The number of rotatable bonds is 8. The molecule has 0 aliphatic carbocycles. The highest BCUT2D eigenvalue weighted by Crippen LogP contribution is 2.29. The van der Waals surface area contributed by atoms with Crippen molar-refractivity contribution in [2.45, 2.75) is 13.1 Å². The number of fused-ring (bicyclic) bond motifs is 1. The van der Waals surface area contributed by atoms with E-state index in [0.717, 1.165) is 5.69 Å². The third kappa shape index (κ3) is 4.01. The Bertz CT molecular complexity index is 982. The third-order valence-corrected chi connectivity index (χ3v) is 3.84. The lowest BCUT2D eigenvalue weighted by Gasteiger charge is -2.09. The third-order valence-electron chi connectivity index (χ3n) is 3.84. The zero-order valence-corrected chi connectivity index (χ0v) is 14.8. The quantitative estimate of drug-likeness (QED) is 0.441. The molecule has 0 amide bonds. The fraction of sp³-hybridized carbons (Fsp3) is 0.235. The number of hydrogen-bond donors (Lipinski definition) is 4. The zero-order valence-electron chi connectivity index (χ0n) is 14.8. The van der Waals surface area contributed by atoms with Crippen LogP contribution in [0.5, 0.6) is 5.75 Å². The van der Waals surface area contributed by atoms with Crippen LogP contribution in [0, 0.1) is 5.53 Å². The zero-order chi connectivity index (χ0) is 19.2. The largest absolute Gasteiger partial charge is 0.494 e. The second-order valence-corrected chi connectivity index (χ2v) is 5.60. The lowest BCUT2D eigenvalue weighted by atomic mass is 10.1. The van der Waals surface area contributed by atoms with Gasteiger partial charge in [0.25, 0.3) is 0 Å². The number of hydrogen-bond acceptors (Lipinski definition) is 9. The van der Waals surface area contributed by atoms with Crippen molar-refractivity contribution in [1.29, 1.82) is 5.53 Å². The number of aliphatic hydroxyl groups excluding tert-OH is 1. The van der Waals surface area contributed by atoms with Gasteiger partial charge in [-0.15, -0.1) is 0 Å². The molecule has 2 heterocycles. The Labute approximate surface area is 155 Å². The fourth-order valence-corrected chi connectivity index (χ4v) is 2.63. The lowest BCUT2D eigenvalue weighted by Crippen LogP contribution is -2.09. The van der Waals surface area contributed by atoms with Crippen LogP contribution in [0.15, 0.2) is 41.8 Å². The van der Waals surface area contributed by atoms with Gasteiger partial charge in [-0.3, -0.25) is 4.68 Å². The van der Waals surface area contributed by atoms with Crippen molar-refractivity contribution in [1.82, 2.24) is 25.1 Å². The molecule has 0 aliphatic heterocycles. The van der Waals surface area contributed by atoms with Gasteiger partial charge in [-0.05, 0) is 12.1 Å². The number of aliphatic hydroxyl groups is 1. The number of nitrogens with one attached hydrogen (secondary N) is 2.